The molecule has 23 heavy (non-hydrogen) atoms. The highest BCUT2D eigenvalue weighted by atomic mass is 15.5. The molecule has 0 spiro atoms. The van der Waals surface area contributed by atoms with Crippen LogP contribution in [0.25, 0.3) is 0 Å². The summed E-state index contributed by atoms with van der Waals surface area (Å²) >= 11 is 0. The van der Waals surface area contributed by atoms with Crippen LogP contribution in [0.5, 0.6) is 0 Å². The first kappa shape index (κ1) is 23.0. The normalized spacial score (nSPS) is 15.9. The Morgan fingerprint density at radius 1 is 0.478 bits per heavy atom. The Morgan fingerprint density at radius 3 is 0.739 bits per heavy atom. The van der Waals surface area contributed by atoms with Crippen molar-refractivity contribution in [1.82, 2.24) is 9.80 Å². The predicted octanol–water partition coefficient (Wildman–Crippen LogP) is 4.94. The summed E-state index contributed by atoms with van der Waals surface area (Å²) in [7, 11) is 2.38. The Bertz CT molecular complexity index is 320. The number of hydrogen-bond donors (Lipinski definition) is 0. The van der Waals surface area contributed by atoms with Crippen LogP contribution in [0.1, 0.15) is 96.9 Å². The zero-order valence-electron chi connectivity index (χ0n) is 19.0. The van der Waals surface area contributed by atoms with Crippen molar-refractivity contribution in [2.45, 2.75) is 131 Å². The molecule has 0 atom stereocenters. The van der Waals surface area contributed by atoms with E-state index in [1.165, 1.54) is 0 Å². The lowest BCUT2D eigenvalue weighted by Crippen LogP contribution is -2.71. The molecule has 0 aliphatic heterocycles. The maximum absolute atomic E-state index is 2.72. The highest BCUT2D eigenvalue weighted by molar-refractivity contribution is 6.15. The molecule has 0 heterocycles. The van der Waals surface area contributed by atoms with E-state index in [0.717, 1.165) is 0 Å². The van der Waals surface area contributed by atoms with Crippen LogP contribution in [0.4, 0.5) is 0 Å². The molecular formula is C20H45BN2. The first-order chi connectivity index (χ1) is 9.61. The quantitative estimate of drug-likeness (QED) is 0.536. The van der Waals surface area contributed by atoms with E-state index < -0.39 is 0 Å². The van der Waals surface area contributed by atoms with E-state index >= 15 is 0 Å². The minimum absolute atomic E-state index is 0.0882. The number of rotatable bonds is 3. The largest absolute Gasteiger partial charge is 0.278 e. The molecular weight excluding hydrogens is 279 g/mol. The van der Waals surface area contributed by atoms with Crippen LogP contribution in [-0.2, 0) is 0 Å². The molecule has 0 saturated carbocycles. The maximum atomic E-state index is 2.72. The van der Waals surface area contributed by atoms with Gasteiger partial charge in [0.05, 0.1) is 6.17 Å². The Morgan fingerprint density at radius 2 is 0.652 bits per heavy atom. The van der Waals surface area contributed by atoms with E-state index in [0.29, 0.717) is 6.17 Å². The van der Waals surface area contributed by atoms with Gasteiger partial charge in [-0.15, -0.1) is 0 Å². The fraction of sp³-hybridized carbons (Fsp3) is 1.00. The van der Waals surface area contributed by atoms with Gasteiger partial charge in [-0.1, -0.05) is 13.8 Å². The van der Waals surface area contributed by atoms with E-state index in [1.807, 2.05) is 0 Å². The Balaban J connectivity index is 6.55. The molecule has 0 aromatic heterocycles. The Hall–Kier alpha value is -0.0151. The summed E-state index contributed by atoms with van der Waals surface area (Å²) in [4.78, 5) is 5.44. The Labute approximate surface area is 148 Å². The van der Waals surface area contributed by atoms with Gasteiger partial charge in [-0.25, -0.2) is 0 Å². The summed E-state index contributed by atoms with van der Waals surface area (Å²) in [6.45, 7) is 32.9. The van der Waals surface area contributed by atoms with Gasteiger partial charge < -0.3 is 0 Å². The predicted molar refractivity (Wildman–Crippen MR) is 109 cm³/mol. The van der Waals surface area contributed by atoms with Gasteiger partial charge in [0.25, 0.3) is 0 Å². The van der Waals surface area contributed by atoms with Gasteiger partial charge in [-0.3, -0.25) is 9.80 Å². The van der Waals surface area contributed by atoms with Crippen LogP contribution in [0.2, 0.25) is 5.31 Å². The fourth-order valence-corrected chi connectivity index (χ4v) is 4.37. The van der Waals surface area contributed by atoms with Crippen LogP contribution in [-0.4, -0.2) is 46.0 Å². The monoisotopic (exact) mass is 324 g/mol. The second kappa shape index (κ2) is 6.37. The molecule has 3 heteroatoms. The van der Waals surface area contributed by atoms with Gasteiger partial charge in [0.1, 0.15) is 7.85 Å². The van der Waals surface area contributed by atoms with Crippen molar-refractivity contribution in [3.63, 3.8) is 0 Å². The van der Waals surface area contributed by atoms with Gasteiger partial charge in [-0.2, -0.15) is 0 Å². The molecule has 0 aromatic carbocycles. The zero-order valence-corrected chi connectivity index (χ0v) is 19.0. The standard InChI is InChI=1S/C20H45BN2/c1-16(2,3)22(17(4,5)6)15(20(13,14)21)23(18(7,8)9)19(10,11)12/h15H,21H2,1-14H3. The first-order valence-electron chi connectivity index (χ1n) is 9.20. The molecule has 0 unspecified atom stereocenters. The second-order valence-electron chi connectivity index (χ2n) is 12.2. The first-order valence-corrected chi connectivity index (χ1v) is 9.20. The van der Waals surface area contributed by atoms with E-state index in [1.54, 1.807) is 0 Å². The molecule has 0 amide bonds. The van der Waals surface area contributed by atoms with Gasteiger partial charge in [0.2, 0.25) is 0 Å². The lowest BCUT2D eigenvalue weighted by molar-refractivity contribution is -0.149. The van der Waals surface area contributed by atoms with Crippen LogP contribution < -0.4 is 0 Å². The van der Waals surface area contributed by atoms with Gasteiger partial charge in [0.15, 0.2) is 0 Å². The highest BCUT2D eigenvalue weighted by Gasteiger charge is 2.50. The molecule has 0 aromatic rings. The van der Waals surface area contributed by atoms with Crippen molar-refractivity contribution in [1.29, 1.82) is 0 Å². The third-order valence-electron chi connectivity index (χ3n) is 4.15. The van der Waals surface area contributed by atoms with Gasteiger partial charge in [-0.05, 0) is 88.4 Å². The minimum Gasteiger partial charge on any atom is -0.278 e. The van der Waals surface area contributed by atoms with E-state index in [2.05, 4.69) is 115 Å². The van der Waals surface area contributed by atoms with Crippen LogP contribution >= 0.6 is 0 Å². The summed E-state index contributed by atoms with van der Waals surface area (Å²) in [5.41, 5.74) is 0.353. The second-order valence-corrected chi connectivity index (χ2v) is 12.2. The smallest absolute Gasteiger partial charge is 0.112 e. The third kappa shape index (κ3) is 6.09. The average Bonchev–Trinajstić information content (AvgIpc) is 2.04. The SMILES string of the molecule is BC(C)(C)C(N(C(C)(C)C)C(C)(C)C)N(C(C)(C)C)C(C)(C)C. The molecule has 0 aliphatic carbocycles. The van der Waals surface area contributed by atoms with Gasteiger partial charge in [0, 0.05) is 22.2 Å². The van der Waals surface area contributed by atoms with Crippen LogP contribution in [0.3, 0.4) is 0 Å². The van der Waals surface area contributed by atoms with Crippen LogP contribution in [0, 0.1) is 0 Å². The molecule has 0 radical (unpaired) electrons. The summed E-state index contributed by atoms with van der Waals surface area (Å²) in [6, 6.07) is 0. The molecule has 0 bridgehead atoms. The van der Waals surface area contributed by atoms with Crippen molar-refractivity contribution in [3.05, 3.63) is 0 Å². The molecule has 0 saturated heterocycles. The fourth-order valence-electron chi connectivity index (χ4n) is 4.37. The summed E-state index contributed by atoms with van der Waals surface area (Å²) in [6.07, 6.45) is 0.336. The topological polar surface area (TPSA) is 6.48 Å². The highest BCUT2D eigenvalue weighted by Crippen LogP contribution is 2.44. The molecule has 0 N–H and O–H groups in total. The maximum Gasteiger partial charge on any atom is 0.112 e. The lowest BCUT2D eigenvalue weighted by atomic mass is 9.66. The third-order valence-corrected chi connectivity index (χ3v) is 4.15. The summed E-state index contributed by atoms with van der Waals surface area (Å²) in [5.74, 6) is 0. The van der Waals surface area contributed by atoms with E-state index in [4.69, 9.17) is 0 Å². The molecule has 0 fully saturated rings. The number of nitrogens with zero attached hydrogens (tertiary/aromatic N) is 2. The Kier molecular flexibility index (Phi) is 6.37. The van der Waals surface area contributed by atoms with Crippen molar-refractivity contribution < 1.29 is 0 Å². The summed E-state index contributed by atoms with van der Waals surface area (Å²) < 4.78 is 0. The average molecular weight is 324 g/mol. The van der Waals surface area contributed by atoms with E-state index in [9.17, 15) is 0 Å². The van der Waals surface area contributed by atoms with Crippen molar-refractivity contribution in [2.24, 2.45) is 0 Å². The van der Waals surface area contributed by atoms with Crippen LogP contribution in [0.15, 0.2) is 0 Å². The molecule has 2 nitrogen and oxygen atoms in total. The minimum atomic E-state index is 0.0882. The molecule has 138 valence electrons. The zero-order chi connectivity index (χ0) is 19.2. The van der Waals surface area contributed by atoms with Crippen molar-refractivity contribution in [2.75, 3.05) is 0 Å². The molecule has 0 rings (SSSR count). The number of hydrogen-bond acceptors (Lipinski definition) is 2. The van der Waals surface area contributed by atoms with Crippen molar-refractivity contribution in [3.8, 4) is 0 Å². The van der Waals surface area contributed by atoms with Crippen molar-refractivity contribution >= 4 is 7.85 Å². The lowest BCUT2D eigenvalue weighted by Gasteiger charge is -2.63. The van der Waals surface area contributed by atoms with E-state index in [-0.39, 0.29) is 27.5 Å². The molecule has 0 aliphatic rings. The summed E-state index contributed by atoms with van der Waals surface area (Å²) in [5, 5.41) is 0.140. The van der Waals surface area contributed by atoms with Gasteiger partial charge >= 0.3 is 0 Å².